The van der Waals surface area contributed by atoms with Crippen LogP contribution in [0.4, 0.5) is 5.82 Å². The maximum Gasteiger partial charge on any atom is 0.251 e. The van der Waals surface area contributed by atoms with Crippen molar-refractivity contribution in [3.05, 3.63) is 89.1 Å². The number of anilines is 1. The number of phenols is 1. The number of aliphatic hydroxyl groups excluding tert-OH is 1. The molecule has 0 bridgehead atoms. The zero-order valence-corrected chi connectivity index (χ0v) is 18.2. The highest BCUT2D eigenvalue weighted by Gasteiger charge is 2.12. The summed E-state index contributed by atoms with van der Waals surface area (Å²) >= 11 is 0. The lowest BCUT2D eigenvalue weighted by molar-refractivity contribution is 0.0954. The Bertz CT molecular complexity index is 1020. The Morgan fingerprint density at radius 3 is 2.69 bits per heavy atom. The first-order chi connectivity index (χ1) is 15.4. The van der Waals surface area contributed by atoms with Crippen LogP contribution in [0.15, 0.2) is 66.9 Å². The fraction of sp³-hybridized carbons (Fsp3) is 0.280. The first-order valence-corrected chi connectivity index (χ1v) is 10.7. The summed E-state index contributed by atoms with van der Waals surface area (Å²) in [6.07, 6.45) is 2.18. The average Bonchev–Trinajstić information content (AvgIpc) is 2.79. The van der Waals surface area contributed by atoms with Crippen LogP contribution in [-0.4, -0.2) is 40.2 Å². The van der Waals surface area contributed by atoms with Crippen molar-refractivity contribution in [2.45, 2.75) is 31.9 Å². The van der Waals surface area contributed by atoms with Crippen molar-refractivity contribution in [3.63, 3.8) is 0 Å². The minimum absolute atomic E-state index is 0.103. The summed E-state index contributed by atoms with van der Waals surface area (Å²) in [4.78, 5) is 16.5. The van der Waals surface area contributed by atoms with Crippen molar-refractivity contribution < 1.29 is 15.0 Å². The second-order valence-corrected chi connectivity index (χ2v) is 7.88. The molecule has 0 saturated carbocycles. The summed E-state index contributed by atoms with van der Waals surface area (Å²) in [5.41, 5.74) is 8.72. The predicted molar refractivity (Wildman–Crippen MR) is 125 cm³/mol. The first-order valence-electron chi connectivity index (χ1n) is 10.7. The molecule has 0 radical (unpaired) electrons. The van der Waals surface area contributed by atoms with Gasteiger partial charge in [-0.3, -0.25) is 4.79 Å². The number of aliphatic hydroxyl groups is 1. The number of benzene rings is 2. The van der Waals surface area contributed by atoms with Gasteiger partial charge in [-0.25, -0.2) is 4.98 Å². The number of nitrogens with zero attached hydrogens (tertiary/aromatic N) is 1. The number of nitrogen functional groups attached to an aromatic ring is 1. The summed E-state index contributed by atoms with van der Waals surface area (Å²) in [5.74, 6) is 0.515. The third-order valence-electron chi connectivity index (χ3n) is 5.26. The van der Waals surface area contributed by atoms with Crippen LogP contribution in [0.2, 0.25) is 0 Å². The minimum atomic E-state index is -0.674. The van der Waals surface area contributed by atoms with Gasteiger partial charge in [-0.15, -0.1) is 0 Å². The number of rotatable bonds is 10. The van der Waals surface area contributed by atoms with Gasteiger partial charge in [0.15, 0.2) is 0 Å². The second-order valence-electron chi connectivity index (χ2n) is 7.88. The van der Waals surface area contributed by atoms with Crippen LogP contribution >= 0.6 is 0 Å². The highest BCUT2D eigenvalue weighted by molar-refractivity contribution is 5.94. The lowest BCUT2D eigenvalue weighted by Crippen LogP contribution is -2.32. The number of carbonyl (C=O) groups excluding carboxylic acids is 1. The third kappa shape index (κ3) is 6.80. The molecule has 3 aromatic rings. The SMILES string of the molecule is C[C@H](Cc1cccc(C(=O)NCCc2ccccc2O)c1)NC[C@H](O)c1ccc(N)nc1. The smallest absolute Gasteiger partial charge is 0.251 e. The van der Waals surface area contributed by atoms with Crippen molar-refractivity contribution in [3.8, 4) is 5.75 Å². The summed E-state index contributed by atoms with van der Waals surface area (Å²) in [5, 5.41) is 26.4. The van der Waals surface area contributed by atoms with Gasteiger partial charge in [0, 0.05) is 36.5 Å². The molecule has 32 heavy (non-hydrogen) atoms. The van der Waals surface area contributed by atoms with E-state index in [0.29, 0.717) is 42.9 Å². The molecule has 7 heteroatoms. The van der Waals surface area contributed by atoms with E-state index in [1.807, 2.05) is 37.3 Å². The molecule has 1 aromatic heterocycles. The maximum absolute atomic E-state index is 12.5. The van der Waals surface area contributed by atoms with E-state index in [1.165, 1.54) is 0 Å². The zero-order chi connectivity index (χ0) is 22.9. The molecule has 0 saturated heterocycles. The molecule has 6 N–H and O–H groups in total. The zero-order valence-electron chi connectivity index (χ0n) is 18.2. The molecule has 7 nitrogen and oxygen atoms in total. The summed E-state index contributed by atoms with van der Waals surface area (Å²) in [7, 11) is 0. The maximum atomic E-state index is 12.5. The Balaban J connectivity index is 1.47. The molecule has 0 aliphatic heterocycles. The van der Waals surface area contributed by atoms with E-state index < -0.39 is 6.10 Å². The number of carbonyl (C=O) groups is 1. The average molecular weight is 435 g/mol. The van der Waals surface area contributed by atoms with Gasteiger partial charge in [0.05, 0.1) is 6.10 Å². The van der Waals surface area contributed by atoms with Gasteiger partial charge in [0.25, 0.3) is 5.91 Å². The molecule has 0 spiro atoms. The fourth-order valence-electron chi connectivity index (χ4n) is 3.44. The molecule has 0 unspecified atom stereocenters. The van der Waals surface area contributed by atoms with Crippen LogP contribution in [-0.2, 0) is 12.8 Å². The van der Waals surface area contributed by atoms with Crippen molar-refractivity contribution >= 4 is 11.7 Å². The summed E-state index contributed by atoms with van der Waals surface area (Å²) < 4.78 is 0. The predicted octanol–water partition coefficient (Wildman–Crippen LogP) is 2.60. The molecule has 2 atom stereocenters. The van der Waals surface area contributed by atoms with Gasteiger partial charge in [-0.05, 0) is 55.2 Å². The lowest BCUT2D eigenvalue weighted by Gasteiger charge is -2.18. The number of amides is 1. The van der Waals surface area contributed by atoms with Crippen molar-refractivity contribution in [2.24, 2.45) is 0 Å². The van der Waals surface area contributed by atoms with Crippen molar-refractivity contribution in [1.82, 2.24) is 15.6 Å². The highest BCUT2D eigenvalue weighted by Crippen LogP contribution is 2.16. The molecule has 1 amide bonds. The number of nitrogens with one attached hydrogen (secondary N) is 2. The second kappa shape index (κ2) is 11.3. The van der Waals surface area contributed by atoms with E-state index in [0.717, 1.165) is 11.1 Å². The van der Waals surface area contributed by atoms with E-state index in [1.54, 1.807) is 36.5 Å². The van der Waals surface area contributed by atoms with E-state index >= 15 is 0 Å². The molecule has 1 heterocycles. The fourth-order valence-corrected chi connectivity index (χ4v) is 3.44. The number of aromatic hydroxyl groups is 1. The molecule has 168 valence electrons. The number of pyridine rings is 1. The highest BCUT2D eigenvalue weighted by atomic mass is 16.3. The Labute approximate surface area is 188 Å². The van der Waals surface area contributed by atoms with E-state index in [2.05, 4.69) is 15.6 Å². The van der Waals surface area contributed by atoms with E-state index in [4.69, 9.17) is 5.73 Å². The molecule has 3 rings (SSSR count). The van der Waals surface area contributed by atoms with Crippen LogP contribution in [0.1, 0.15) is 40.1 Å². The van der Waals surface area contributed by atoms with Gasteiger partial charge < -0.3 is 26.6 Å². The van der Waals surface area contributed by atoms with Crippen molar-refractivity contribution in [1.29, 1.82) is 0 Å². The number of hydrogen-bond donors (Lipinski definition) is 5. The number of para-hydroxylation sites is 1. The Morgan fingerprint density at radius 2 is 1.94 bits per heavy atom. The topological polar surface area (TPSA) is 120 Å². The number of nitrogens with two attached hydrogens (primary N) is 1. The lowest BCUT2D eigenvalue weighted by atomic mass is 10.0. The first kappa shape index (κ1) is 23.2. The van der Waals surface area contributed by atoms with Crippen LogP contribution in [0.3, 0.4) is 0 Å². The van der Waals surface area contributed by atoms with Gasteiger partial charge in [0.2, 0.25) is 0 Å². The largest absolute Gasteiger partial charge is 0.508 e. The number of phenolic OH excluding ortho intramolecular Hbond substituents is 1. The van der Waals surface area contributed by atoms with Gasteiger partial charge >= 0.3 is 0 Å². The molecule has 0 fully saturated rings. The van der Waals surface area contributed by atoms with Crippen LogP contribution < -0.4 is 16.4 Å². The standard InChI is InChI=1S/C25H30N4O3/c1-17(28-16-23(31)21-9-10-24(26)29-15-21)13-18-5-4-7-20(14-18)25(32)27-12-11-19-6-2-3-8-22(19)30/h2-10,14-15,17,23,28,30-31H,11-13,16H2,1H3,(H2,26,29)(H,27,32)/t17-,23+/m1/s1. The molecular formula is C25H30N4O3. The van der Waals surface area contributed by atoms with Crippen molar-refractivity contribution in [2.75, 3.05) is 18.8 Å². The Kier molecular flexibility index (Phi) is 8.19. The van der Waals surface area contributed by atoms with Crippen LogP contribution in [0, 0.1) is 0 Å². The molecule has 2 aromatic carbocycles. The number of aromatic nitrogens is 1. The van der Waals surface area contributed by atoms with Crippen LogP contribution in [0.25, 0.3) is 0 Å². The van der Waals surface area contributed by atoms with Gasteiger partial charge in [-0.2, -0.15) is 0 Å². The van der Waals surface area contributed by atoms with E-state index in [-0.39, 0.29) is 17.7 Å². The Hall–Kier alpha value is -3.42. The molecule has 0 aliphatic rings. The van der Waals surface area contributed by atoms with Crippen LogP contribution in [0.5, 0.6) is 5.75 Å². The normalized spacial score (nSPS) is 12.8. The minimum Gasteiger partial charge on any atom is -0.508 e. The monoisotopic (exact) mass is 434 g/mol. The molecular weight excluding hydrogens is 404 g/mol. The van der Waals surface area contributed by atoms with E-state index in [9.17, 15) is 15.0 Å². The third-order valence-corrected chi connectivity index (χ3v) is 5.26. The van der Waals surface area contributed by atoms with Gasteiger partial charge in [-0.1, -0.05) is 36.4 Å². The number of hydrogen-bond acceptors (Lipinski definition) is 6. The summed E-state index contributed by atoms with van der Waals surface area (Å²) in [6.45, 7) is 2.86. The molecule has 0 aliphatic carbocycles. The van der Waals surface area contributed by atoms with Gasteiger partial charge in [0.1, 0.15) is 11.6 Å². The quantitative estimate of drug-likeness (QED) is 0.335. The Morgan fingerprint density at radius 1 is 1.12 bits per heavy atom. The summed E-state index contributed by atoms with van der Waals surface area (Å²) in [6, 6.07) is 18.2.